The highest BCUT2D eigenvalue weighted by Crippen LogP contribution is 2.45. The Kier molecular flexibility index (Phi) is 75.1. The van der Waals surface area contributed by atoms with Gasteiger partial charge >= 0.3 is 33.6 Å². The maximum Gasteiger partial charge on any atom is 0.472 e. The first-order chi connectivity index (χ1) is 51.2. The largest absolute Gasteiger partial charge is 0.472 e. The van der Waals surface area contributed by atoms with E-state index in [-0.39, 0.29) is 19.3 Å². The fraction of sp³-hybridized carbons (Fsp3) is 0.667. The van der Waals surface area contributed by atoms with Crippen molar-refractivity contribution in [2.75, 3.05) is 39.6 Å². The Labute approximate surface area is 638 Å². The van der Waals surface area contributed by atoms with Gasteiger partial charge in [0.05, 0.1) is 26.4 Å². The van der Waals surface area contributed by atoms with E-state index in [1.165, 1.54) is 89.9 Å². The van der Waals surface area contributed by atoms with Gasteiger partial charge in [-0.1, -0.05) is 301 Å². The van der Waals surface area contributed by atoms with Crippen molar-refractivity contribution in [2.24, 2.45) is 0 Å². The fourth-order valence-electron chi connectivity index (χ4n) is 10.5. The van der Waals surface area contributed by atoms with Crippen molar-refractivity contribution < 1.29 is 75.8 Å². The van der Waals surface area contributed by atoms with Crippen molar-refractivity contribution in [1.29, 1.82) is 0 Å². The summed E-state index contributed by atoms with van der Waals surface area (Å²) >= 11 is 0. The summed E-state index contributed by atoms with van der Waals surface area (Å²) in [4.78, 5) is 58.8. The zero-order valence-electron chi connectivity index (χ0n) is 65.6. The lowest BCUT2D eigenvalue weighted by Crippen LogP contribution is -2.30. The van der Waals surface area contributed by atoms with Gasteiger partial charge in [0.1, 0.15) is 25.4 Å². The van der Waals surface area contributed by atoms with Crippen LogP contribution in [-0.2, 0) is 55.8 Å². The minimum absolute atomic E-state index is 0.0742. The topological polar surface area (TPSA) is 231 Å². The molecule has 0 saturated carbocycles. The number of aliphatic hydroxyl groups excluding tert-OH is 2. The molecule has 600 valence electrons. The molecule has 0 amide bonds. The predicted molar refractivity (Wildman–Crippen MR) is 435 cm³/mol. The molecule has 0 bridgehead atoms. The molecule has 0 fully saturated rings. The van der Waals surface area contributed by atoms with Gasteiger partial charge in [0.25, 0.3) is 0 Å². The molecule has 0 aromatic rings. The highest BCUT2D eigenvalue weighted by molar-refractivity contribution is 7.47. The zero-order valence-corrected chi connectivity index (χ0v) is 67.4. The fourth-order valence-corrected chi connectivity index (χ4v) is 12.1. The third kappa shape index (κ3) is 80.0. The van der Waals surface area contributed by atoms with Gasteiger partial charge in [-0.2, -0.15) is 0 Å². The number of esters is 3. The first-order valence-corrected chi connectivity index (χ1v) is 43.8. The van der Waals surface area contributed by atoms with Gasteiger partial charge in [0.15, 0.2) is 6.10 Å². The molecular weight excluding hydrogens is 1360 g/mol. The van der Waals surface area contributed by atoms with Gasteiger partial charge in [0, 0.05) is 19.3 Å². The van der Waals surface area contributed by atoms with Gasteiger partial charge in [-0.3, -0.25) is 32.5 Å². The van der Waals surface area contributed by atoms with E-state index in [0.717, 1.165) is 167 Å². The second-order valence-corrected chi connectivity index (χ2v) is 29.7. The van der Waals surface area contributed by atoms with E-state index in [4.69, 9.17) is 32.3 Å². The molecule has 5 unspecified atom stereocenters. The molecule has 0 heterocycles. The van der Waals surface area contributed by atoms with Crippen LogP contribution in [0.3, 0.4) is 0 Å². The van der Waals surface area contributed by atoms with Crippen molar-refractivity contribution in [3.05, 3.63) is 158 Å². The number of unbranched alkanes of at least 4 members (excludes halogenated alkanes) is 27. The molecule has 0 aromatic carbocycles. The van der Waals surface area contributed by atoms with Crippen LogP contribution in [0.4, 0.5) is 0 Å². The summed E-state index contributed by atoms with van der Waals surface area (Å²) in [6.07, 6.45) is 98.4. The first-order valence-electron chi connectivity index (χ1n) is 40.8. The average Bonchev–Trinajstić information content (AvgIpc) is 0.922. The highest BCUT2D eigenvalue weighted by atomic mass is 31.2. The number of hydrogen-bond acceptors (Lipinski definition) is 14. The second-order valence-electron chi connectivity index (χ2n) is 26.8. The standard InChI is InChI=1S/C87H146O16P2/c1-4-7-10-13-16-19-22-25-28-31-34-37-38-39-40-41-42-45-47-49-52-55-58-61-64-67-70-73-85(90)97-76-82(88)77-99-104(93,94)100-78-83(89)79-101-105(95,96)102-81-84(103-87(92)75-72-69-66-63-60-57-54-51-48-44-36-33-30-27-24-21-18-15-12-9-6-3)80-98-86(91)74-71-68-65-62-59-56-53-50-46-43-35-32-29-26-23-20-17-14-11-8-5-2/h7,10,16-21,25-30,34-37,39-40,43-44,50-51,53-54,82-84,88-89H,4-6,8-9,11-15,22-24,31-33,38,41-42,45-49,52,55-81H2,1-3H3,(H,93,94)(H,95,96)/b10-7-,19-16-,20-17-,21-18-,28-25-,29-26-,30-27-,37-34-,40-39-,43-35-,44-36-,53-50-,54-51-. The van der Waals surface area contributed by atoms with E-state index < -0.39 is 91.5 Å². The lowest BCUT2D eigenvalue weighted by Gasteiger charge is -2.21. The quantitative estimate of drug-likeness (QED) is 0.0146. The molecule has 5 atom stereocenters. The van der Waals surface area contributed by atoms with E-state index in [2.05, 4.69) is 179 Å². The molecular formula is C87H146O16P2. The number of allylic oxidation sites excluding steroid dienone is 26. The second kappa shape index (κ2) is 78.7. The van der Waals surface area contributed by atoms with Gasteiger partial charge in [0.2, 0.25) is 0 Å². The van der Waals surface area contributed by atoms with E-state index in [9.17, 15) is 43.5 Å². The average molecular weight is 1510 g/mol. The van der Waals surface area contributed by atoms with Crippen LogP contribution >= 0.6 is 15.6 Å². The minimum Gasteiger partial charge on any atom is -0.463 e. The van der Waals surface area contributed by atoms with Crippen molar-refractivity contribution in [3.63, 3.8) is 0 Å². The molecule has 0 aliphatic carbocycles. The molecule has 0 aromatic heterocycles. The number of carbonyl (C=O) groups is 3. The third-order valence-corrected chi connectivity index (χ3v) is 18.6. The predicted octanol–water partition coefficient (Wildman–Crippen LogP) is 24.2. The number of phosphoric acid groups is 2. The van der Waals surface area contributed by atoms with Gasteiger partial charge in [-0.05, 0) is 154 Å². The molecule has 18 heteroatoms. The number of carbonyl (C=O) groups excluding carboxylic acids is 3. The summed E-state index contributed by atoms with van der Waals surface area (Å²) in [6, 6.07) is 0. The Bertz CT molecular complexity index is 2540. The molecule has 105 heavy (non-hydrogen) atoms. The molecule has 0 radical (unpaired) electrons. The number of phosphoric ester groups is 2. The minimum atomic E-state index is -4.95. The molecule has 0 spiro atoms. The summed E-state index contributed by atoms with van der Waals surface area (Å²) in [5.41, 5.74) is 0. The first kappa shape index (κ1) is 100. The number of ether oxygens (including phenoxy) is 3. The van der Waals surface area contributed by atoms with E-state index in [0.29, 0.717) is 19.3 Å². The third-order valence-electron chi connectivity index (χ3n) is 16.7. The normalized spacial score (nSPS) is 14.8. The van der Waals surface area contributed by atoms with E-state index in [1.54, 1.807) is 0 Å². The van der Waals surface area contributed by atoms with Gasteiger partial charge < -0.3 is 34.2 Å². The molecule has 0 aliphatic rings. The SMILES string of the molecule is CC/C=C\C/C=C\C/C=C\C/C=C\C/C=C\CCCCCCCCCCCCCC(=O)OCC(O)COP(=O)(O)OCC(O)COP(=O)(O)OCC(COC(=O)CCCCCCC/C=C\C/C=C\C/C=C\C/C=C\CCCCC)OC(=O)CCCCCCC/C=C\C/C=C\C/C=C\C/C=C\CCCCC. The van der Waals surface area contributed by atoms with Crippen LogP contribution in [0.5, 0.6) is 0 Å². The Morgan fingerprint density at radius 2 is 0.505 bits per heavy atom. The smallest absolute Gasteiger partial charge is 0.463 e. The summed E-state index contributed by atoms with van der Waals surface area (Å²) in [7, 11) is -9.82. The van der Waals surface area contributed by atoms with E-state index in [1.807, 2.05) is 0 Å². The van der Waals surface area contributed by atoms with E-state index >= 15 is 0 Å². The summed E-state index contributed by atoms with van der Waals surface area (Å²) in [5.74, 6) is -1.62. The molecule has 4 N–H and O–H groups in total. The van der Waals surface area contributed by atoms with Crippen LogP contribution in [0.2, 0.25) is 0 Å². The number of aliphatic hydroxyl groups is 2. The Balaban J connectivity index is 4.68. The number of hydrogen-bond donors (Lipinski definition) is 4. The van der Waals surface area contributed by atoms with Crippen LogP contribution < -0.4 is 0 Å². The summed E-state index contributed by atoms with van der Waals surface area (Å²) in [6.45, 7) is 2.47. The van der Waals surface area contributed by atoms with Crippen LogP contribution in [0.15, 0.2) is 158 Å². The monoisotopic (exact) mass is 1510 g/mol. The lowest BCUT2D eigenvalue weighted by molar-refractivity contribution is -0.161. The summed E-state index contributed by atoms with van der Waals surface area (Å²) in [5, 5.41) is 20.7. The Morgan fingerprint density at radius 3 is 0.800 bits per heavy atom. The molecule has 16 nitrogen and oxygen atoms in total. The van der Waals surface area contributed by atoms with Gasteiger partial charge in [-0.25, -0.2) is 9.13 Å². The zero-order chi connectivity index (χ0) is 76.6. The maximum atomic E-state index is 13.0. The Hall–Kier alpha value is -4.83. The van der Waals surface area contributed by atoms with Crippen LogP contribution in [0.25, 0.3) is 0 Å². The number of rotatable bonds is 76. The van der Waals surface area contributed by atoms with Crippen LogP contribution in [-0.4, -0.2) is 95.9 Å². The molecule has 0 aliphatic heterocycles. The maximum absolute atomic E-state index is 13.0. The summed E-state index contributed by atoms with van der Waals surface area (Å²) < 4.78 is 61.2. The molecule has 0 saturated heterocycles. The lowest BCUT2D eigenvalue weighted by atomic mass is 10.0. The van der Waals surface area contributed by atoms with Crippen molar-refractivity contribution in [2.45, 2.75) is 334 Å². The highest BCUT2D eigenvalue weighted by Gasteiger charge is 2.29. The van der Waals surface area contributed by atoms with Crippen molar-refractivity contribution in [1.82, 2.24) is 0 Å². The Morgan fingerprint density at radius 1 is 0.276 bits per heavy atom. The van der Waals surface area contributed by atoms with Crippen molar-refractivity contribution >= 4 is 33.6 Å². The van der Waals surface area contributed by atoms with Crippen LogP contribution in [0.1, 0.15) is 316 Å². The molecule has 0 rings (SSSR count). The van der Waals surface area contributed by atoms with Crippen molar-refractivity contribution in [3.8, 4) is 0 Å². The van der Waals surface area contributed by atoms with Gasteiger partial charge in [-0.15, -0.1) is 0 Å². The van der Waals surface area contributed by atoms with Crippen LogP contribution in [0, 0.1) is 0 Å².